The molecular formula is C16H18N2O3S. The first-order valence-corrected chi connectivity index (χ1v) is 7.95. The highest BCUT2D eigenvalue weighted by molar-refractivity contribution is 7.10. The molecule has 2 heterocycles. The van der Waals surface area contributed by atoms with Crippen LogP contribution in [0.15, 0.2) is 41.9 Å². The van der Waals surface area contributed by atoms with Crippen LogP contribution in [0.2, 0.25) is 0 Å². The summed E-state index contributed by atoms with van der Waals surface area (Å²) in [4.78, 5) is 28.1. The van der Waals surface area contributed by atoms with E-state index in [1.165, 1.54) is 11.3 Å². The third-order valence-electron chi connectivity index (χ3n) is 3.23. The van der Waals surface area contributed by atoms with Crippen molar-refractivity contribution in [1.82, 2.24) is 10.3 Å². The van der Waals surface area contributed by atoms with E-state index in [-0.39, 0.29) is 24.7 Å². The minimum atomic E-state index is -0.889. The summed E-state index contributed by atoms with van der Waals surface area (Å²) < 4.78 is 0. The summed E-state index contributed by atoms with van der Waals surface area (Å²) >= 11 is 1.48. The summed E-state index contributed by atoms with van der Waals surface area (Å²) in [5.74, 6) is -1.29. The van der Waals surface area contributed by atoms with Gasteiger partial charge in [0, 0.05) is 42.1 Å². The van der Waals surface area contributed by atoms with Crippen LogP contribution in [0, 0.1) is 0 Å². The lowest BCUT2D eigenvalue weighted by Crippen LogP contribution is -2.27. The van der Waals surface area contributed by atoms with Crippen molar-refractivity contribution >= 4 is 23.2 Å². The number of thiophene rings is 1. The Kier molecular flexibility index (Phi) is 6.09. The van der Waals surface area contributed by atoms with E-state index in [0.29, 0.717) is 13.0 Å². The molecule has 1 unspecified atom stereocenters. The third kappa shape index (κ3) is 5.29. The predicted octanol–water partition coefficient (Wildman–Crippen LogP) is 2.45. The highest BCUT2D eigenvalue weighted by Crippen LogP contribution is 2.27. The van der Waals surface area contributed by atoms with Crippen molar-refractivity contribution in [1.29, 1.82) is 0 Å². The maximum Gasteiger partial charge on any atom is 0.304 e. The molecular weight excluding hydrogens is 300 g/mol. The molecule has 2 aromatic rings. The average molecular weight is 318 g/mol. The smallest absolute Gasteiger partial charge is 0.304 e. The second-order valence-electron chi connectivity index (χ2n) is 4.94. The molecule has 0 aromatic carbocycles. The molecule has 0 aliphatic heterocycles. The zero-order valence-corrected chi connectivity index (χ0v) is 12.9. The minimum absolute atomic E-state index is 0.0336. The van der Waals surface area contributed by atoms with Gasteiger partial charge in [-0.3, -0.25) is 14.6 Å². The van der Waals surface area contributed by atoms with Gasteiger partial charge in [-0.25, -0.2) is 0 Å². The van der Waals surface area contributed by atoms with E-state index in [9.17, 15) is 9.59 Å². The molecule has 0 fully saturated rings. The molecule has 2 N–H and O–H groups in total. The SMILES string of the molecule is O=C(O)CC(CC(=O)NCCc1ccccn1)c1cccs1. The van der Waals surface area contributed by atoms with Crippen molar-refractivity contribution in [3.05, 3.63) is 52.5 Å². The van der Waals surface area contributed by atoms with E-state index in [1.54, 1.807) is 6.20 Å². The van der Waals surface area contributed by atoms with Gasteiger partial charge in [0.2, 0.25) is 5.91 Å². The fourth-order valence-corrected chi connectivity index (χ4v) is 3.01. The lowest BCUT2D eigenvalue weighted by atomic mass is 9.99. The van der Waals surface area contributed by atoms with Crippen LogP contribution in [0.25, 0.3) is 0 Å². The molecule has 0 saturated heterocycles. The van der Waals surface area contributed by atoms with Crippen LogP contribution >= 0.6 is 11.3 Å². The summed E-state index contributed by atoms with van der Waals surface area (Å²) in [5, 5.41) is 13.7. The van der Waals surface area contributed by atoms with E-state index in [2.05, 4.69) is 10.3 Å². The number of nitrogens with one attached hydrogen (secondary N) is 1. The maximum absolute atomic E-state index is 12.0. The zero-order valence-electron chi connectivity index (χ0n) is 12.1. The van der Waals surface area contributed by atoms with Gasteiger partial charge in [0.1, 0.15) is 0 Å². The largest absolute Gasteiger partial charge is 0.481 e. The number of rotatable bonds is 8. The molecule has 0 aliphatic carbocycles. The first-order valence-electron chi connectivity index (χ1n) is 7.07. The van der Waals surface area contributed by atoms with Crippen LogP contribution in [0.4, 0.5) is 0 Å². The molecule has 1 atom stereocenters. The molecule has 0 saturated carbocycles. The summed E-state index contributed by atoms with van der Waals surface area (Å²) in [7, 11) is 0. The Morgan fingerprint density at radius 3 is 2.73 bits per heavy atom. The summed E-state index contributed by atoms with van der Waals surface area (Å²) in [6.45, 7) is 0.500. The van der Waals surface area contributed by atoms with Gasteiger partial charge in [0.05, 0.1) is 6.42 Å². The highest BCUT2D eigenvalue weighted by atomic mass is 32.1. The Morgan fingerprint density at radius 1 is 1.23 bits per heavy atom. The molecule has 1 amide bonds. The van der Waals surface area contributed by atoms with Crippen LogP contribution < -0.4 is 5.32 Å². The predicted molar refractivity (Wildman–Crippen MR) is 84.9 cm³/mol. The third-order valence-corrected chi connectivity index (χ3v) is 4.26. The van der Waals surface area contributed by atoms with Crippen LogP contribution in [-0.4, -0.2) is 28.5 Å². The number of carbonyl (C=O) groups is 2. The summed E-state index contributed by atoms with van der Waals surface area (Å²) in [6.07, 6.45) is 2.54. The first-order chi connectivity index (χ1) is 10.6. The lowest BCUT2D eigenvalue weighted by Gasteiger charge is -2.13. The van der Waals surface area contributed by atoms with Crippen LogP contribution in [0.3, 0.4) is 0 Å². The number of aromatic nitrogens is 1. The Hall–Kier alpha value is -2.21. The number of nitrogens with zero attached hydrogens (tertiary/aromatic N) is 1. The van der Waals surface area contributed by atoms with E-state index >= 15 is 0 Å². The monoisotopic (exact) mass is 318 g/mol. The molecule has 22 heavy (non-hydrogen) atoms. The van der Waals surface area contributed by atoms with Gasteiger partial charge in [-0.05, 0) is 23.6 Å². The van der Waals surface area contributed by atoms with Gasteiger partial charge in [0.15, 0.2) is 0 Å². The fraction of sp³-hybridized carbons (Fsp3) is 0.312. The second kappa shape index (κ2) is 8.29. The Labute approximate surface area is 133 Å². The molecule has 0 aliphatic rings. The summed E-state index contributed by atoms with van der Waals surface area (Å²) in [5.41, 5.74) is 0.920. The number of pyridine rings is 1. The van der Waals surface area contributed by atoms with Gasteiger partial charge < -0.3 is 10.4 Å². The highest BCUT2D eigenvalue weighted by Gasteiger charge is 2.20. The van der Waals surface area contributed by atoms with Crippen LogP contribution in [0.1, 0.15) is 29.3 Å². The Morgan fingerprint density at radius 2 is 2.09 bits per heavy atom. The molecule has 0 spiro atoms. The van der Waals surface area contributed by atoms with Crippen molar-refractivity contribution in [2.75, 3.05) is 6.54 Å². The molecule has 116 valence electrons. The van der Waals surface area contributed by atoms with Crippen LogP contribution in [0.5, 0.6) is 0 Å². The Bertz CT molecular complexity index is 599. The fourth-order valence-electron chi connectivity index (χ4n) is 2.18. The van der Waals surface area contributed by atoms with Gasteiger partial charge in [-0.15, -0.1) is 11.3 Å². The van der Waals surface area contributed by atoms with E-state index in [4.69, 9.17) is 5.11 Å². The number of carbonyl (C=O) groups excluding carboxylic acids is 1. The second-order valence-corrected chi connectivity index (χ2v) is 5.91. The number of hydrogen-bond acceptors (Lipinski definition) is 4. The zero-order chi connectivity index (χ0) is 15.8. The van der Waals surface area contributed by atoms with E-state index in [1.807, 2.05) is 35.7 Å². The number of carboxylic acids is 1. The van der Waals surface area contributed by atoms with Crippen LogP contribution in [-0.2, 0) is 16.0 Å². The molecule has 0 bridgehead atoms. The first kappa shape index (κ1) is 16.2. The minimum Gasteiger partial charge on any atom is -0.481 e. The van der Waals surface area contributed by atoms with Crippen molar-refractivity contribution in [2.24, 2.45) is 0 Å². The van der Waals surface area contributed by atoms with Gasteiger partial charge >= 0.3 is 5.97 Å². The molecule has 2 aromatic heterocycles. The summed E-state index contributed by atoms with van der Waals surface area (Å²) in [6, 6.07) is 9.40. The van der Waals surface area contributed by atoms with E-state index in [0.717, 1.165) is 10.6 Å². The average Bonchev–Trinajstić information content (AvgIpc) is 3.01. The quantitative estimate of drug-likeness (QED) is 0.783. The normalized spacial score (nSPS) is 11.8. The lowest BCUT2D eigenvalue weighted by molar-refractivity contribution is -0.137. The van der Waals surface area contributed by atoms with Gasteiger partial charge in [-0.1, -0.05) is 12.1 Å². The maximum atomic E-state index is 12.0. The number of amides is 1. The van der Waals surface area contributed by atoms with E-state index < -0.39 is 5.97 Å². The standard InChI is InChI=1S/C16H18N2O3S/c19-15(18-8-6-13-4-1-2-7-17-13)10-12(11-16(20)21)14-5-3-9-22-14/h1-5,7,9,12H,6,8,10-11H2,(H,18,19)(H,20,21). The van der Waals surface area contributed by atoms with Crippen molar-refractivity contribution < 1.29 is 14.7 Å². The molecule has 2 rings (SSSR count). The Balaban J connectivity index is 1.82. The van der Waals surface area contributed by atoms with Crippen molar-refractivity contribution in [2.45, 2.75) is 25.2 Å². The number of carboxylic acid groups (broad SMARTS) is 1. The van der Waals surface area contributed by atoms with Crippen molar-refractivity contribution in [3.63, 3.8) is 0 Å². The number of aliphatic carboxylic acids is 1. The van der Waals surface area contributed by atoms with Gasteiger partial charge in [0.25, 0.3) is 0 Å². The van der Waals surface area contributed by atoms with Crippen molar-refractivity contribution in [3.8, 4) is 0 Å². The van der Waals surface area contributed by atoms with Gasteiger partial charge in [-0.2, -0.15) is 0 Å². The molecule has 0 radical (unpaired) electrons. The molecule has 5 nitrogen and oxygen atoms in total. The number of hydrogen-bond donors (Lipinski definition) is 2. The topological polar surface area (TPSA) is 79.3 Å². The molecule has 6 heteroatoms.